The summed E-state index contributed by atoms with van der Waals surface area (Å²) in [5, 5.41) is 5.32. The van der Waals surface area contributed by atoms with E-state index in [0.717, 1.165) is 34.8 Å². The Morgan fingerprint density at radius 3 is 2.67 bits per heavy atom. The molecule has 0 bridgehead atoms. The Morgan fingerprint density at radius 1 is 1.14 bits per heavy atom. The second kappa shape index (κ2) is 5.58. The first-order valence-corrected chi connectivity index (χ1v) is 7.01. The highest BCUT2D eigenvalue weighted by molar-refractivity contribution is 6.12. The van der Waals surface area contributed by atoms with Gasteiger partial charge in [-0.15, -0.1) is 0 Å². The van der Waals surface area contributed by atoms with Gasteiger partial charge in [0.15, 0.2) is 0 Å². The molecule has 0 saturated heterocycles. The molecule has 2 aromatic carbocycles. The summed E-state index contributed by atoms with van der Waals surface area (Å²) in [4.78, 5) is 12.1. The highest BCUT2D eigenvalue weighted by Gasteiger charge is 2.16. The van der Waals surface area contributed by atoms with Gasteiger partial charge in [-0.25, -0.2) is 9.36 Å². The maximum atomic E-state index is 12.1. The molecule has 4 heteroatoms. The molecule has 1 aromatic heterocycles. The van der Waals surface area contributed by atoms with Gasteiger partial charge in [-0.05, 0) is 43.8 Å². The van der Waals surface area contributed by atoms with Crippen LogP contribution in [-0.2, 0) is 11.2 Å². The van der Waals surface area contributed by atoms with Gasteiger partial charge in [0.25, 0.3) is 0 Å². The largest absolute Gasteiger partial charge is 0.452 e. The third kappa shape index (κ3) is 2.28. The number of nitrogens with one attached hydrogen (secondary N) is 1. The van der Waals surface area contributed by atoms with Gasteiger partial charge >= 0.3 is 6.09 Å². The van der Waals surface area contributed by atoms with Crippen molar-refractivity contribution in [2.24, 2.45) is 0 Å². The Bertz CT molecular complexity index is 805. The lowest BCUT2D eigenvalue weighted by atomic mass is 10.1. The molecule has 0 unspecified atom stereocenters. The van der Waals surface area contributed by atoms with Crippen molar-refractivity contribution in [3.8, 4) is 0 Å². The highest BCUT2D eigenvalue weighted by Crippen LogP contribution is 2.29. The average Bonchev–Trinajstić information content (AvgIpc) is 2.86. The summed E-state index contributed by atoms with van der Waals surface area (Å²) in [6.45, 7) is 0.932. The molecule has 0 amide bonds. The molecule has 0 saturated carbocycles. The van der Waals surface area contributed by atoms with E-state index in [1.807, 2.05) is 37.4 Å². The fourth-order valence-electron chi connectivity index (χ4n) is 2.73. The summed E-state index contributed by atoms with van der Waals surface area (Å²) in [7, 11) is 3.35. The van der Waals surface area contributed by atoms with Crippen molar-refractivity contribution in [2.75, 3.05) is 20.7 Å². The molecule has 0 aliphatic carbocycles. The zero-order valence-corrected chi connectivity index (χ0v) is 12.2. The number of hydrogen-bond acceptors (Lipinski definition) is 3. The Morgan fingerprint density at radius 2 is 1.90 bits per heavy atom. The summed E-state index contributed by atoms with van der Waals surface area (Å²) in [5.74, 6) is 0. The molecule has 0 radical (unpaired) electrons. The van der Waals surface area contributed by atoms with Crippen molar-refractivity contribution in [3.05, 3.63) is 48.0 Å². The van der Waals surface area contributed by atoms with Gasteiger partial charge in [0, 0.05) is 10.8 Å². The summed E-state index contributed by atoms with van der Waals surface area (Å²) in [5.41, 5.74) is 3.02. The maximum absolute atomic E-state index is 12.1. The topological polar surface area (TPSA) is 43.3 Å². The fourth-order valence-corrected chi connectivity index (χ4v) is 2.73. The van der Waals surface area contributed by atoms with E-state index in [9.17, 15) is 4.79 Å². The molecule has 0 aliphatic rings. The van der Waals surface area contributed by atoms with Crippen LogP contribution in [0.4, 0.5) is 4.79 Å². The molecule has 108 valence electrons. The molecule has 0 aliphatic heterocycles. The second-order valence-electron chi connectivity index (χ2n) is 5.03. The normalized spacial score (nSPS) is 11.1. The van der Waals surface area contributed by atoms with Gasteiger partial charge in [-0.2, -0.15) is 0 Å². The number of nitrogens with zero attached hydrogens (tertiary/aromatic N) is 1. The lowest BCUT2D eigenvalue weighted by Crippen LogP contribution is -2.11. The van der Waals surface area contributed by atoms with Gasteiger partial charge in [0.1, 0.15) is 0 Å². The number of benzene rings is 2. The van der Waals surface area contributed by atoms with E-state index in [1.54, 1.807) is 4.57 Å². The lowest BCUT2D eigenvalue weighted by Gasteiger charge is -2.04. The molecule has 1 heterocycles. The zero-order valence-electron chi connectivity index (χ0n) is 12.2. The molecule has 1 N–H and O–H groups in total. The van der Waals surface area contributed by atoms with E-state index in [4.69, 9.17) is 4.74 Å². The van der Waals surface area contributed by atoms with Crippen molar-refractivity contribution < 1.29 is 9.53 Å². The molecule has 3 rings (SSSR count). The van der Waals surface area contributed by atoms with Crippen molar-refractivity contribution in [1.82, 2.24) is 9.88 Å². The smallest absolute Gasteiger partial charge is 0.418 e. The summed E-state index contributed by atoms with van der Waals surface area (Å²) in [6, 6.07) is 14.1. The molecule has 21 heavy (non-hydrogen) atoms. The van der Waals surface area contributed by atoms with Crippen LogP contribution in [0.15, 0.2) is 42.5 Å². The number of carbonyl (C=O) groups is 1. The standard InChI is InChI=1S/C17H18N2O2/c1-18-10-9-12-7-8-16-14(11-12)13-5-3-4-6-15(13)19(16)17(20)21-2/h3-8,11,18H,9-10H2,1-2H3. The van der Waals surface area contributed by atoms with Crippen LogP contribution in [-0.4, -0.2) is 31.4 Å². The first-order chi connectivity index (χ1) is 10.3. The number of aromatic nitrogens is 1. The number of ether oxygens (including phenoxy) is 1. The van der Waals surface area contributed by atoms with E-state index in [2.05, 4.69) is 17.4 Å². The van der Waals surface area contributed by atoms with Crippen molar-refractivity contribution >= 4 is 27.9 Å². The maximum Gasteiger partial charge on any atom is 0.418 e. The minimum atomic E-state index is -0.357. The van der Waals surface area contributed by atoms with Crippen LogP contribution in [0.25, 0.3) is 21.8 Å². The van der Waals surface area contributed by atoms with Crippen LogP contribution >= 0.6 is 0 Å². The van der Waals surface area contributed by atoms with Crippen molar-refractivity contribution in [1.29, 1.82) is 0 Å². The summed E-state index contributed by atoms with van der Waals surface area (Å²) < 4.78 is 6.55. The van der Waals surface area contributed by atoms with Gasteiger partial charge in [0.2, 0.25) is 0 Å². The quantitative estimate of drug-likeness (QED) is 0.802. The molecule has 0 atom stereocenters. The number of fused-ring (bicyclic) bond motifs is 3. The van der Waals surface area contributed by atoms with Crippen LogP contribution < -0.4 is 5.32 Å². The molecular formula is C17H18N2O2. The van der Waals surface area contributed by atoms with E-state index in [1.165, 1.54) is 12.7 Å². The van der Waals surface area contributed by atoms with Crippen LogP contribution in [0.2, 0.25) is 0 Å². The van der Waals surface area contributed by atoms with Crippen LogP contribution in [0.1, 0.15) is 5.56 Å². The number of para-hydroxylation sites is 1. The second-order valence-corrected chi connectivity index (χ2v) is 5.03. The van der Waals surface area contributed by atoms with Gasteiger partial charge in [0.05, 0.1) is 18.1 Å². The minimum absolute atomic E-state index is 0.357. The monoisotopic (exact) mass is 282 g/mol. The Kier molecular flexibility index (Phi) is 3.62. The summed E-state index contributed by atoms with van der Waals surface area (Å²) >= 11 is 0. The van der Waals surface area contributed by atoms with Crippen molar-refractivity contribution in [2.45, 2.75) is 6.42 Å². The predicted octanol–water partition coefficient (Wildman–Crippen LogP) is 3.17. The van der Waals surface area contributed by atoms with E-state index < -0.39 is 0 Å². The van der Waals surface area contributed by atoms with Crippen LogP contribution in [0.3, 0.4) is 0 Å². The minimum Gasteiger partial charge on any atom is -0.452 e. The Balaban J connectivity index is 2.27. The van der Waals surface area contributed by atoms with Crippen LogP contribution in [0, 0.1) is 0 Å². The van der Waals surface area contributed by atoms with E-state index in [-0.39, 0.29) is 6.09 Å². The average molecular weight is 282 g/mol. The van der Waals surface area contributed by atoms with E-state index >= 15 is 0 Å². The predicted molar refractivity (Wildman–Crippen MR) is 84.9 cm³/mol. The van der Waals surface area contributed by atoms with Crippen LogP contribution in [0.5, 0.6) is 0 Å². The first kappa shape index (κ1) is 13.6. The van der Waals surface area contributed by atoms with Gasteiger partial charge < -0.3 is 10.1 Å². The molecule has 0 spiro atoms. The highest BCUT2D eigenvalue weighted by atomic mass is 16.5. The number of hydrogen-bond donors (Lipinski definition) is 1. The number of likely N-dealkylation sites (N-methyl/N-ethyl adjacent to an activating group) is 1. The first-order valence-electron chi connectivity index (χ1n) is 7.01. The lowest BCUT2D eigenvalue weighted by molar-refractivity contribution is 0.175. The molecule has 3 aromatic rings. The fraction of sp³-hybridized carbons (Fsp3) is 0.235. The number of carbonyl (C=O) groups excluding carboxylic acids is 1. The van der Waals surface area contributed by atoms with E-state index in [0.29, 0.717) is 0 Å². The molecular weight excluding hydrogens is 264 g/mol. The molecule has 0 fully saturated rings. The number of rotatable bonds is 3. The third-order valence-corrected chi connectivity index (χ3v) is 3.76. The summed E-state index contributed by atoms with van der Waals surface area (Å²) in [6.07, 6.45) is 0.605. The zero-order chi connectivity index (χ0) is 14.8. The molecule has 4 nitrogen and oxygen atoms in total. The Hall–Kier alpha value is -2.33. The van der Waals surface area contributed by atoms with Gasteiger partial charge in [-0.3, -0.25) is 0 Å². The third-order valence-electron chi connectivity index (χ3n) is 3.76. The van der Waals surface area contributed by atoms with Crippen molar-refractivity contribution in [3.63, 3.8) is 0 Å². The van der Waals surface area contributed by atoms with Gasteiger partial charge in [-0.1, -0.05) is 24.3 Å². The Labute approximate surface area is 123 Å². The number of methoxy groups -OCH3 is 1. The SMILES string of the molecule is CNCCc1ccc2c(c1)c1ccccc1n2C(=O)OC.